The molecule has 0 radical (unpaired) electrons. The fourth-order valence-electron chi connectivity index (χ4n) is 3.45. The zero-order valence-corrected chi connectivity index (χ0v) is 15.7. The number of benzene rings is 1. The number of nitrogens with zero attached hydrogens (tertiary/aromatic N) is 1. The lowest BCUT2D eigenvalue weighted by Crippen LogP contribution is -2.42. The van der Waals surface area contributed by atoms with E-state index in [1.165, 1.54) is 0 Å². The van der Waals surface area contributed by atoms with E-state index in [9.17, 15) is 14.7 Å². The predicted molar refractivity (Wildman–Crippen MR) is 101 cm³/mol. The number of amides is 1. The minimum Gasteiger partial charge on any atom is -0.481 e. The highest BCUT2D eigenvalue weighted by Crippen LogP contribution is 2.25. The lowest BCUT2D eigenvalue weighted by molar-refractivity contribution is -0.143. The first kappa shape index (κ1) is 19.4. The smallest absolute Gasteiger partial charge is 0.308 e. The molecular formula is C20H23ClN2O4. The van der Waals surface area contributed by atoms with E-state index in [0.717, 1.165) is 24.8 Å². The third-order valence-electron chi connectivity index (χ3n) is 4.93. The zero-order valence-electron chi connectivity index (χ0n) is 15.0. The number of carbonyl (C=O) groups is 2. The van der Waals surface area contributed by atoms with E-state index in [1.807, 2.05) is 12.1 Å². The highest BCUT2D eigenvalue weighted by atomic mass is 35.5. The Hall–Kier alpha value is -2.34. The highest BCUT2D eigenvalue weighted by molar-refractivity contribution is 6.30. The first-order chi connectivity index (χ1) is 13.0. The largest absolute Gasteiger partial charge is 0.481 e. The number of carboxylic acid groups (broad SMARTS) is 1. The number of carboxylic acids is 1. The summed E-state index contributed by atoms with van der Waals surface area (Å²) in [7, 11) is 0. The molecule has 0 bridgehead atoms. The fourth-order valence-corrected chi connectivity index (χ4v) is 3.57. The third kappa shape index (κ3) is 5.32. The van der Waals surface area contributed by atoms with Crippen LogP contribution < -0.4 is 5.32 Å². The van der Waals surface area contributed by atoms with E-state index in [2.05, 4.69) is 10.3 Å². The maximum atomic E-state index is 12.3. The number of hydrogen-bond acceptors (Lipinski definition) is 4. The zero-order chi connectivity index (χ0) is 19.2. The van der Waals surface area contributed by atoms with Crippen molar-refractivity contribution in [3.63, 3.8) is 0 Å². The molecule has 0 spiro atoms. The molecule has 2 atom stereocenters. The number of aliphatic carboxylic acids is 1. The van der Waals surface area contributed by atoms with Crippen LogP contribution in [0, 0.1) is 5.92 Å². The summed E-state index contributed by atoms with van der Waals surface area (Å²) < 4.78 is 5.70. The molecule has 1 saturated carbocycles. The quantitative estimate of drug-likeness (QED) is 0.725. The summed E-state index contributed by atoms with van der Waals surface area (Å²) in [6.07, 6.45) is 6.38. The standard InChI is InChI=1S/C20H23ClN2O4/c21-14-8-6-13(7-9-14)17-12-22-19(27-17)11-10-18(24)23-16-5-3-1-2-4-15(16)20(25)26/h6-9,12,15-16H,1-5,10-11H2,(H,23,24)(H,25,26)/t15-,16+/m1/s1. The second kappa shape index (κ2) is 9.04. The van der Waals surface area contributed by atoms with Crippen LogP contribution in [0.5, 0.6) is 0 Å². The summed E-state index contributed by atoms with van der Waals surface area (Å²) in [6, 6.07) is 6.94. The lowest BCUT2D eigenvalue weighted by atomic mass is 9.94. The molecule has 1 heterocycles. The van der Waals surface area contributed by atoms with Gasteiger partial charge < -0.3 is 14.8 Å². The molecule has 7 heteroatoms. The van der Waals surface area contributed by atoms with Gasteiger partial charge in [-0.1, -0.05) is 30.9 Å². The van der Waals surface area contributed by atoms with Crippen molar-refractivity contribution >= 4 is 23.5 Å². The first-order valence-electron chi connectivity index (χ1n) is 9.26. The Labute approximate surface area is 162 Å². The van der Waals surface area contributed by atoms with Gasteiger partial charge in [0.1, 0.15) is 0 Å². The van der Waals surface area contributed by atoms with Crippen LogP contribution in [0.1, 0.15) is 44.4 Å². The Kier molecular flexibility index (Phi) is 6.50. The minimum absolute atomic E-state index is 0.167. The van der Waals surface area contributed by atoms with Crippen molar-refractivity contribution in [2.24, 2.45) is 5.92 Å². The van der Waals surface area contributed by atoms with Crippen LogP contribution in [0.15, 0.2) is 34.9 Å². The molecule has 1 amide bonds. The van der Waals surface area contributed by atoms with E-state index < -0.39 is 11.9 Å². The molecule has 27 heavy (non-hydrogen) atoms. The van der Waals surface area contributed by atoms with Gasteiger partial charge in [-0.15, -0.1) is 0 Å². The van der Waals surface area contributed by atoms with Gasteiger partial charge in [0.15, 0.2) is 11.7 Å². The van der Waals surface area contributed by atoms with Gasteiger partial charge in [-0.3, -0.25) is 9.59 Å². The molecule has 0 aliphatic heterocycles. The van der Waals surface area contributed by atoms with Crippen molar-refractivity contribution in [1.29, 1.82) is 0 Å². The number of halogens is 1. The molecule has 2 aromatic rings. The van der Waals surface area contributed by atoms with Crippen LogP contribution >= 0.6 is 11.6 Å². The van der Waals surface area contributed by atoms with Crippen LogP contribution in [0.25, 0.3) is 11.3 Å². The number of aromatic nitrogens is 1. The summed E-state index contributed by atoms with van der Waals surface area (Å²) in [6.45, 7) is 0. The molecule has 1 fully saturated rings. The van der Waals surface area contributed by atoms with Crippen molar-refractivity contribution in [1.82, 2.24) is 10.3 Å². The van der Waals surface area contributed by atoms with Crippen LogP contribution in [-0.4, -0.2) is 28.0 Å². The summed E-state index contributed by atoms with van der Waals surface area (Å²) in [4.78, 5) is 28.0. The van der Waals surface area contributed by atoms with E-state index >= 15 is 0 Å². The lowest BCUT2D eigenvalue weighted by Gasteiger charge is -2.22. The average Bonchev–Trinajstić information content (AvgIpc) is 2.99. The summed E-state index contributed by atoms with van der Waals surface area (Å²) in [5, 5.41) is 12.9. The van der Waals surface area contributed by atoms with E-state index in [-0.39, 0.29) is 18.4 Å². The summed E-state index contributed by atoms with van der Waals surface area (Å²) in [5.41, 5.74) is 0.866. The SMILES string of the molecule is O=C(CCc1ncc(-c2ccc(Cl)cc2)o1)N[C@H]1CCCCC[C@H]1C(=O)O. The summed E-state index contributed by atoms with van der Waals surface area (Å²) in [5.74, 6) is -0.404. The van der Waals surface area contributed by atoms with Crippen LogP contribution in [0.2, 0.25) is 5.02 Å². The topological polar surface area (TPSA) is 92.4 Å². The predicted octanol–water partition coefficient (Wildman–Crippen LogP) is 4.08. The molecular weight excluding hydrogens is 368 g/mol. The van der Waals surface area contributed by atoms with Crippen molar-refractivity contribution < 1.29 is 19.1 Å². The third-order valence-corrected chi connectivity index (χ3v) is 5.18. The van der Waals surface area contributed by atoms with Crippen molar-refractivity contribution in [3.8, 4) is 11.3 Å². The van der Waals surface area contributed by atoms with Gasteiger partial charge in [0.2, 0.25) is 5.91 Å². The maximum Gasteiger partial charge on any atom is 0.308 e. The Morgan fingerprint density at radius 1 is 1.19 bits per heavy atom. The number of nitrogens with one attached hydrogen (secondary N) is 1. The van der Waals surface area contributed by atoms with Crippen LogP contribution in [0.3, 0.4) is 0 Å². The number of oxazole rings is 1. The van der Waals surface area contributed by atoms with Gasteiger partial charge in [0.25, 0.3) is 0 Å². The molecule has 144 valence electrons. The molecule has 1 aliphatic carbocycles. The maximum absolute atomic E-state index is 12.3. The molecule has 1 aliphatic rings. The Balaban J connectivity index is 1.54. The van der Waals surface area contributed by atoms with Gasteiger partial charge in [0, 0.05) is 29.5 Å². The van der Waals surface area contributed by atoms with Crippen LogP contribution in [-0.2, 0) is 16.0 Å². The number of hydrogen-bond donors (Lipinski definition) is 2. The average molecular weight is 391 g/mol. The molecule has 0 saturated heterocycles. The van der Waals surface area contributed by atoms with Crippen molar-refractivity contribution in [2.45, 2.75) is 51.0 Å². The van der Waals surface area contributed by atoms with E-state index in [4.69, 9.17) is 16.0 Å². The van der Waals surface area contributed by atoms with Crippen molar-refractivity contribution in [3.05, 3.63) is 41.4 Å². The molecule has 3 rings (SSSR count). The number of aryl methyl sites for hydroxylation is 1. The Morgan fingerprint density at radius 2 is 1.93 bits per heavy atom. The second-order valence-corrected chi connectivity index (χ2v) is 7.32. The summed E-state index contributed by atoms with van der Waals surface area (Å²) >= 11 is 5.88. The van der Waals surface area contributed by atoms with Gasteiger partial charge in [0.05, 0.1) is 12.1 Å². The number of carbonyl (C=O) groups excluding carboxylic acids is 1. The number of rotatable bonds is 6. The Bertz CT molecular complexity index is 788. The van der Waals surface area contributed by atoms with Gasteiger partial charge in [-0.25, -0.2) is 4.98 Å². The van der Waals surface area contributed by atoms with Gasteiger partial charge in [-0.05, 0) is 37.1 Å². The first-order valence-corrected chi connectivity index (χ1v) is 9.63. The minimum atomic E-state index is -0.831. The molecule has 6 nitrogen and oxygen atoms in total. The normalized spacial score (nSPS) is 20.0. The van der Waals surface area contributed by atoms with Crippen molar-refractivity contribution in [2.75, 3.05) is 0 Å². The van der Waals surface area contributed by atoms with E-state index in [1.54, 1.807) is 18.3 Å². The monoisotopic (exact) mass is 390 g/mol. The fraction of sp³-hybridized carbons (Fsp3) is 0.450. The molecule has 1 aromatic heterocycles. The Morgan fingerprint density at radius 3 is 2.67 bits per heavy atom. The van der Waals surface area contributed by atoms with Gasteiger partial charge in [-0.2, -0.15) is 0 Å². The van der Waals surface area contributed by atoms with Gasteiger partial charge >= 0.3 is 5.97 Å². The highest BCUT2D eigenvalue weighted by Gasteiger charge is 2.30. The van der Waals surface area contributed by atoms with Crippen LogP contribution in [0.4, 0.5) is 0 Å². The second-order valence-electron chi connectivity index (χ2n) is 6.88. The molecule has 2 N–H and O–H groups in total. The van der Waals surface area contributed by atoms with E-state index in [0.29, 0.717) is 35.9 Å². The molecule has 0 unspecified atom stereocenters. The molecule has 1 aromatic carbocycles.